The molecule has 0 radical (unpaired) electrons. The van der Waals surface area contributed by atoms with Crippen molar-refractivity contribution in [1.82, 2.24) is 9.97 Å². The third-order valence-electron chi connectivity index (χ3n) is 2.45. The zero-order valence-corrected chi connectivity index (χ0v) is 9.54. The van der Waals surface area contributed by atoms with Crippen molar-refractivity contribution in [3.8, 4) is 5.75 Å². The van der Waals surface area contributed by atoms with Crippen molar-refractivity contribution in [2.75, 3.05) is 11.9 Å². The lowest BCUT2D eigenvalue weighted by Gasteiger charge is -2.17. The highest BCUT2D eigenvalue weighted by atomic mass is 16.3. The van der Waals surface area contributed by atoms with Gasteiger partial charge in [0.15, 0.2) is 0 Å². The minimum atomic E-state index is 0.235. The Hall–Kier alpha value is -2.14. The summed E-state index contributed by atoms with van der Waals surface area (Å²) in [5.74, 6) is 0.817. The molecule has 0 saturated carbocycles. The molecule has 0 atom stereocenters. The molecule has 0 unspecified atom stereocenters. The largest absolute Gasteiger partial charge is 0.508 e. The first kappa shape index (κ1) is 11.3. The Balaban J connectivity index is 2.29. The van der Waals surface area contributed by atoms with E-state index in [1.807, 2.05) is 11.9 Å². The third-order valence-corrected chi connectivity index (χ3v) is 2.45. The molecule has 0 aliphatic carbocycles. The maximum Gasteiger partial charge on any atom is 0.229 e. The van der Waals surface area contributed by atoms with E-state index in [-0.39, 0.29) is 5.75 Å². The minimum Gasteiger partial charge on any atom is -0.508 e. The van der Waals surface area contributed by atoms with E-state index in [9.17, 15) is 5.11 Å². The second kappa shape index (κ2) is 4.80. The van der Waals surface area contributed by atoms with Crippen LogP contribution >= 0.6 is 0 Å². The van der Waals surface area contributed by atoms with Crippen LogP contribution in [0.25, 0.3) is 0 Å². The first-order valence-electron chi connectivity index (χ1n) is 5.25. The van der Waals surface area contributed by atoms with Crippen LogP contribution in [-0.4, -0.2) is 22.1 Å². The van der Waals surface area contributed by atoms with Crippen molar-refractivity contribution in [1.29, 1.82) is 0 Å². The summed E-state index contributed by atoms with van der Waals surface area (Å²) in [6.45, 7) is 0.388. The lowest BCUT2D eigenvalue weighted by molar-refractivity contribution is 0.475. The van der Waals surface area contributed by atoms with Crippen molar-refractivity contribution in [2.45, 2.75) is 6.54 Å². The van der Waals surface area contributed by atoms with Gasteiger partial charge in [0.2, 0.25) is 5.95 Å². The molecule has 0 amide bonds. The van der Waals surface area contributed by atoms with Gasteiger partial charge in [-0.2, -0.15) is 0 Å². The highest BCUT2D eigenvalue weighted by Gasteiger charge is 2.07. The van der Waals surface area contributed by atoms with E-state index in [1.54, 1.807) is 36.5 Å². The molecule has 0 saturated heterocycles. The van der Waals surface area contributed by atoms with Crippen LogP contribution in [0.5, 0.6) is 5.75 Å². The van der Waals surface area contributed by atoms with Crippen LogP contribution in [0.15, 0.2) is 36.5 Å². The Morgan fingerprint density at radius 2 is 1.94 bits per heavy atom. The molecule has 0 fully saturated rings. The van der Waals surface area contributed by atoms with Gasteiger partial charge in [0.05, 0.1) is 5.69 Å². The van der Waals surface area contributed by atoms with E-state index in [1.165, 1.54) is 0 Å². The van der Waals surface area contributed by atoms with E-state index in [0.717, 1.165) is 11.4 Å². The van der Waals surface area contributed by atoms with Crippen LogP contribution in [0.4, 0.5) is 11.6 Å². The van der Waals surface area contributed by atoms with Gasteiger partial charge < -0.3 is 15.7 Å². The number of benzene rings is 1. The van der Waals surface area contributed by atoms with E-state index >= 15 is 0 Å². The number of phenols is 1. The third kappa shape index (κ3) is 2.51. The Kier molecular flexibility index (Phi) is 3.20. The molecule has 5 heteroatoms. The fourth-order valence-electron chi connectivity index (χ4n) is 1.45. The first-order valence-corrected chi connectivity index (χ1v) is 5.25. The number of anilines is 2. The van der Waals surface area contributed by atoms with Crippen LogP contribution < -0.4 is 10.6 Å². The molecule has 1 aromatic heterocycles. The van der Waals surface area contributed by atoms with Gasteiger partial charge in [-0.05, 0) is 30.3 Å². The highest BCUT2D eigenvalue weighted by Crippen LogP contribution is 2.22. The number of rotatable bonds is 3. The molecule has 2 aromatic rings. The molecule has 0 bridgehead atoms. The SMILES string of the molecule is CN(c1ccc(O)cc1)c1nccc(CN)n1. The number of nitrogens with two attached hydrogens (primary N) is 1. The molecule has 3 N–H and O–H groups in total. The Morgan fingerprint density at radius 3 is 2.59 bits per heavy atom. The number of aromatic nitrogens is 2. The summed E-state index contributed by atoms with van der Waals surface area (Å²) < 4.78 is 0. The van der Waals surface area contributed by atoms with Crippen LogP contribution in [0, 0.1) is 0 Å². The van der Waals surface area contributed by atoms with Crippen molar-refractivity contribution in [3.63, 3.8) is 0 Å². The van der Waals surface area contributed by atoms with Crippen molar-refractivity contribution in [3.05, 3.63) is 42.2 Å². The summed E-state index contributed by atoms with van der Waals surface area (Å²) >= 11 is 0. The van der Waals surface area contributed by atoms with Gasteiger partial charge >= 0.3 is 0 Å². The molecule has 17 heavy (non-hydrogen) atoms. The van der Waals surface area contributed by atoms with Gasteiger partial charge in [0.1, 0.15) is 5.75 Å². The van der Waals surface area contributed by atoms with E-state index in [4.69, 9.17) is 5.73 Å². The van der Waals surface area contributed by atoms with Crippen molar-refractivity contribution < 1.29 is 5.11 Å². The molecule has 0 aliphatic rings. The molecule has 0 spiro atoms. The smallest absolute Gasteiger partial charge is 0.229 e. The molecule has 1 heterocycles. The van der Waals surface area contributed by atoms with Gasteiger partial charge in [0.25, 0.3) is 0 Å². The monoisotopic (exact) mass is 230 g/mol. The number of phenolic OH excluding ortho intramolecular Hbond substituents is 1. The topological polar surface area (TPSA) is 75.3 Å². The molecule has 1 aromatic carbocycles. The van der Waals surface area contributed by atoms with E-state index < -0.39 is 0 Å². The standard InChI is InChI=1S/C12H14N4O/c1-16(10-2-4-11(17)5-3-10)12-14-7-6-9(8-13)15-12/h2-7,17H,8,13H2,1H3. The van der Waals surface area contributed by atoms with E-state index in [0.29, 0.717) is 12.5 Å². The molecular weight excluding hydrogens is 216 g/mol. The zero-order valence-electron chi connectivity index (χ0n) is 9.54. The summed E-state index contributed by atoms with van der Waals surface area (Å²) in [5, 5.41) is 9.22. The average Bonchev–Trinajstić information content (AvgIpc) is 2.39. The molecule has 5 nitrogen and oxygen atoms in total. The van der Waals surface area contributed by atoms with E-state index in [2.05, 4.69) is 9.97 Å². The highest BCUT2D eigenvalue weighted by molar-refractivity contribution is 5.57. The predicted molar refractivity (Wildman–Crippen MR) is 66.1 cm³/mol. The number of hydrogen-bond donors (Lipinski definition) is 2. The van der Waals surface area contributed by atoms with Crippen LogP contribution in [-0.2, 0) is 6.54 Å². The normalized spacial score (nSPS) is 10.2. The quantitative estimate of drug-likeness (QED) is 0.833. The van der Waals surface area contributed by atoms with Gasteiger partial charge in [0, 0.05) is 25.5 Å². The van der Waals surface area contributed by atoms with Crippen LogP contribution in [0.2, 0.25) is 0 Å². The van der Waals surface area contributed by atoms with Crippen LogP contribution in [0.1, 0.15) is 5.69 Å². The van der Waals surface area contributed by atoms with Crippen molar-refractivity contribution >= 4 is 11.6 Å². The lowest BCUT2D eigenvalue weighted by atomic mass is 10.3. The van der Waals surface area contributed by atoms with Gasteiger partial charge in [-0.1, -0.05) is 0 Å². The summed E-state index contributed by atoms with van der Waals surface area (Å²) in [6, 6.07) is 8.63. The lowest BCUT2D eigenvalue weighted by Crippen LogP contribution is -2.14. The Morgan fingerprint density at radius 1 is 1.24 bits per heavy atom. The molecule has 0 aliphatic heterocycles. The fraction of sp³-hybridized carbons (Fsp3) is 0.167. The average molecular weight is 230 g/mol. The summed E-state index contributed by atoms with van der Waals surface area (Å²) in [5.41, 5.74) is 7.23. The zero-order chi connectivity index (χ0) is 12.3. The predicted octanol–water partition coefficient (Wildman–Crippen LogP) is 1.41. The second-order valence-electron chi connectivity index (χ2n) is 3.63. The molecular formula is C12H14N4O. The number of hydrogen-bond acceptors (Lipinski definition) is 5. The fourth-order valence-corrected chi connectivity index (χ4v) is 1.45. The maximum atomic E-state index is 9.22. The summed E-state index contributed by atoms with van der Waals surface area (Å²) in [7, 11) is 1.86. The first-order chi connectivity index (χ1) is 8.20. The van der Waals surface area contributed by atoms with Crippen LogP contribution in [0.3, 0.4) is 0 Å². The molecule has 2 rings (SSSR count). The van der Waals surface area contributed by atoms with Gasteiger partial charge in [-0.25, -0.2) is 9.97 Å². The second-order valence-corrected chi connectivity index (χ2v) is 3.63. The maximum absolute atomic E-state index is 9.22. The summed E-state index contributed by atoms with van der Waals surface area (Å²) in [6.07, 6.45) is 1.68. The van der Waals surface area contributed by atoms with Gasteiger partial charge in [-0.3, -0.25) is 0 Å². The number of aromatic hydroxyl groups is 1. The minimum absolute atomic E-state index is 0.235. The molecule has 88 valence electrons. The van der Waals surface area contributed by atoms with Gasteiger partial charge in [-0.15, -0.1) is 0 Å². The Labute approximate surface area is 99.6 Å². The summed E-state index contributed by atoms with van der Waals surface area (Å²) in [4.78, 5) is 10.3. The van der Waals surface area contributed by atoms with Crippen molar-refractivity contribution in [2.24, 2.45) is 5.73 Å². The Bertz CT molecular complexity index is 498. The number of nitrogens with zero attached hydrogens (tertiary/aromatic N) is 3.